The highest BCUT2D eigenvalue weighted by atomic mass is 16.1. The van der Waals surface area contributed by atoms with Gasteiger partial charge in [0.25, 0.3) is 5.91 Å². The first-order valence-corrected chi connectivity index (χ1v) is 7.25. The molecule has 0 bridgehead atoms. The van der Waals surface area contributed by atoms with Gasteiger partial charge in [-0.2, -0.15) is 5.21 Å². The minimum atomic E-state index is -0.146. The van der Waals surface area contributed by atoms with Crippen LogP contribution < -0.4 is 5.32 Å². The van der Waals surface area contributed by atoms with Crippen molar-refractivity contribution < 1.29 is 4.79 Å². The van der Waals surface area contributed by atoms with Crippen molar-refractivity contribution in [2.45, 2.75) is 44.6 Å². The minimum absolute atomic E-state index is 0.0264. The van der Waals surface area contributed by atoms with Crippen LogP contribution in [0.2, 0.25) is 0 Å². The molecule has 2 aromatic rings. The number of amides is 1. The molecule has 21 heavy (non-hydrogen) atoms. The second-order valence-corrected chi connectivity index (χ2v) is 5.36. The van der Waals surface area contributed by atoms with E-state index in [1.807, 2.05) is 19.1 Å². The first-order valence-electron chi connectivity index (χ1n) is 7.25. The summed E-state index contributed by atoms with van der Waals surface area (Å²) >= 11 is 0. The highest BCUT2D eigenvalue weighted by Gasteiger charge is 2.24. The Balaban J connectivity index is 1.65. The van der Waals surface area contributed by atoms with Gasteiger partial charge in [-0.1, -0.05) is 12.1 Å². The smallest absolute Gasteiger partial charge is 0.270 e. The topological polar surface area (TPSA) is 96.5 Å². The van der Waals surface area contributed by atoms with Gasteiger partial charge in [0.1, 0.15) is 5.69 Å². The van der Waals surface area contributed by atoms with Crippen molar-refractivity contribution in [1.29, 1.82) is 0 Å². The number of pyridine rings is 1. The van der Waals surface area contributed by atoms with Crippen LogP contribution in [0.1, 0.15) is 54.0 Å². The summed E-state index contributed by atoms with van der Waals surface area (Å²) in [5.74, 6) is 1.07. The molecule has 1 saturated carbocycles. The lowest BCUT2D eigenvalue weighted by Gasteiger charge is -2.15. The fourth-order valence-corrected chi connectivity index (χ4v) is 2.29. The Hall–Kier alpha value is -2.31. The molecule has 0 aromatic carbocycles. The summed E-state index contributed by atoms with van der Waals surface area (Å²) in [4.78, 5) is 16.5. The van der Waals surface area contributed by atoms with Crippen molar-refractivity contribution in [1.82, 2.24) is 30.9 Å². The van der Waals surface area contributed by atoms with E-state index in [1.54, 1.807) is 6.20 Å². The normalized spacial score (nSPS) is 15.7. The monoisotopic (exact) mass is 286 g/mol. The molecule has 0 radical (unpaired) electrons. The van der Waals surface area contributed by atoms with Crippen LogP contribution in [0.4, 0.5) is 0 Å². The van der Waals surface area contributed by atoms with E-state index in [4.69, 9.17) is 0 Å². The Bertz CT molecular complexity index is 608. The molecule has 7 nitrogen and oxygen atoms in total. The van der Waals surface area contributed by atoms with Gasteiger partial charge in [0.15, 0.2) is 5.82 Å². The van der Waals surface area contributed by atoms with Crippen molar-refractivity contribution in [3.63, 3.8) is 0 Å². The first kappa shape index (κ1) is 13.7. The summed E-state index contributed by atoms with van der Waals surface area (Å²) in [6.07, 6.45) is 5.48. The van der Waals surface area contributed by atoms with Gasteiger partial charge < -0.3 is 5.32 Å². The van der Waals surface area contributed by atoms with E-state index in [0.29, 0.717) is 23.9 Å². The Kier molecular flexibility index (Phi) is 3.89. The lowest BCUT2D eigenvalue weighted by atomic mass is 10.1. The maximum absolute atomic E-state index is 12.3. The molecular weight excluding hydrogens is 268 g/mol. The number of hydrogen-bond acceptors (Lipinski definition) is 5. The van der Waals surface area contributed by atoms with Crippen molar-refractivity contribution in [3.8, 4) is 0 Å². The van der Waals surface area contributed by atoms with E-state index in [-0.39, 0.29) is 11.9 Å². The summed E-state index contributed by atoms with van der Waals surface area (Å²) in [6.45, 7) is 2.01. The Morgan fingerprint density at radius 1 is 1.52 bits per heavy atom. The number of H-pyrrole nitrogens is 1. The Morgan fingerprint density at radius 3 is 3.05 bits per heavy atom. The quantitative estimate of drug-likeness (QED) is 0.832. The zero-order chi connectivity index (χ0) is 14.7. The second-order valence-electron chi connectivity index (χ2n) is 5.36. The molecule has 0 saturated heterocycles. The van der Waals surface area contributed by atoms with E-state index in [2.05, 4.69) is 30.9 Å². The lowest BCUT2D eigenvalue weighted by Crippen LogP contribution is -2.36. The van der Waals surface area contributed by atoms with Gasteiger partial charge in [-0.15, -0.1) is 10.2 Å². The zero-order valence-corrected chi connectivity index (χ0v) is 11.9. The zero-order valence-electron chi connectivity index (χ0n) is 11.9. The summed E-state index contributed by atoms with van der Waals surface area (Å²) in [6, 6.07) is 3.86. The molecule has 1 atom stereocenters. The fourth-order valence-electron chi connectivity index (χ4n) is 2.29. The van der Waals surface area contributed by atoms with Crippen LogP contribution in [-0.4, -0.2) is 37.6 Å². The molecule has 1 aliphatic carbocycles. The first-order chi connectivity index (χ1) is 10.3. The Morgan fingerprint density at radius 2 is 2.38 bits per heavy atom. The van der Waals surface area contributed by atoms with Crippen LogP contribution in [0.15, 0.2) is 18.3 Å². The van der Waals surface area contributed by atoms with Crippen LogP contribution in [0.5, 0.6) is 0 Å². The van der Waals surface area contributed by atoms with E-state index in [9.17, 15) is 4.79 Å². The molecule has 110 valence electrons. The number of carbonyl (C=O) groups is 1. The predicted molar refractivity (Wildman–Crippen MR) is 75.6 cm³/mol. The van der Waals surface area contributed by atoms with E-state index in [1.165, 1.54) is 18.4 Å². The number of aromatic nitrogens is 5. The summed E-state index contributed by atoms with van der Waals surface area (Å²) in [7, 11) is 0. The summed E-state index contributed by atoms with van der Waals surface area (Å²) in [5.41, 5.74) is 1.69. The van der Waals surface area contributed by atoms with Crippen molar-refractivity contribution in [2.75, 3.05) is 0 Å². The number of rotatable bonds is 6. The van der Waals surface area contributed by atoms with Crippen molar-refractivity contribution in [3.05, 3.63) is 35.4 Å². The largest absolute Gasteiger partial charge is 0.348 e. The minimum Gasteiger partial charge on any atom is -0.348 e. The molecule has 2 aromatic heterocycles. The number of aromatic amines is 1. The summed E-state index contributed by atoms with van der Waals surface area (Å²) < 4.78 is 0. The van der Waals surface area contributed by atoms with Gasteiger partial charge in [0.05, 0.1) is 0 Å². The summed E-state index contributed by atoms with van der Waals surface area (Å²) in [5, 5.41) is 16.8. The van der Waals surface area contributed by atoms with Crippen LogP contribution in [0.25, 0.3) is 0 Å². The molecule has 1 fully saturated rings. The van der Waals surface area contributed by atoms with Gasteiger partial charge in [-0.25, -0.2) is 0 Å². The predicted octanol–water partition coefficient (Wildman–Crippen LogP) is 1.22. The third-order valence-corrected chi connectivity index (χ3v) is 3.71. The van der Waals surface area contributed by atoms with Gasteiger partial charge >= 0.3 is 0 Å². The lowest BCUT2D eigenvalue weighted by molar-refractivity contribution is 0.0930. The van der Waals surface area contributed by atoms with Crippen LogP contribution >= 0.6 is 0 Å². The second kappa shape index (κ2) is 5.99. The number of nitrogens with one attached hydrogen (secondary N) is 2. The fraction of sp³-hybridized carbons (Fsp3) is 0.500. The van der Waals surface area contributed by atoms with Crippen LogP contribution in [-0.2, 0) is 6.42 Å². The third kappa shape index (κ3) is 3.42. The molecule has 0 spiro atoms. The van der Waals surface area contributed by atoms with Gasteiger partial charge in [0.2, 0.25) is 0 Å². The van der Waals surface area contributed by atoms with Crippen LogP contribution in [0.3, 0.4) is 0 Å². The average molecular weight is 286 g/mol. The molecular formula is C14H18N6O. The molecule has 2 heterocycles. The Labute approximate surface area is 122 Å². The van der Waals surface area contributed by atoms with E-state index >= 15 is 0 Å². The molecule has 1 amide bonds. The van der Waals surface area contributed by atoms with Gasteiger partial charge in [-0.05, 0) is 42.9 Å². The highest BCUT2D eigenvalue weighted by molar-refractivity contribution is 5.92. The molecule has 2 N–H and O–H groups in total. The highest BCUT2D eigenvalue weighted by Crippen LogP contribution is 2.39. The number of nitrogens with zero attached hydrogens (tertiary/aromatic N) is 4. The van der Waals surface area contributed by atoms with Gasteiger partial charge in [0, 0.05) is 18.7 Å². The third-order valence-electron chi connectivity index (χ3n) is 3.71. The molecule has 1 unspecified atom stereocenters. The van der Waals surface area contributed by atoms with Crippen molar-refractivity contribution in [2.24, 2.45) is 0 Å². The van der Waals surface area contributed by atoms with E-state index < -0.39 is 0 Å². The standard InChI is InChI=1S/C14H18N6O/c1-2-11(8-13-17-19-20-18-13)16-14(21)12-7-10(5-6-15-12)9-3-4-9/h5-7,9,11H,2-4,8H2,1H3,(H,16,21)(H,17,18,19,20). The number of tetrazole rings is 1. The SMILES string of the molecule is CCC(Cc1nn[nH]n1)NC(=O)c1cc(C2CC2)ccn1. The molecule has 0 aliphatic heterocycles. The maximum Gasteiger partial charge on any atom is 0.270 e. The molecule has 3 rings (SSSR count). The molecule has 1 aliphatic rings. The van der Waals surface area contributed by atoms with Crippen LogP contribution in [0, 0.1) is 0 Å². The average Bonchev–Trinajstić information content (AvgIpc) is 3.25. The maximum atomic E-state index is 12.3. The van der Waals surface area contributed by atoms with E-state index in [0.717, 1.165) is 6.42 Å². The molecule has 7 heteroatoms. The number of hydrogen-bond donors (Lipinski definition) is 2. The van der Waals surface area contributed by atoms with Gasteiger partial charge in [-0.3, -0.25) is 9.78 Å². The van der Waals surface area contributed by atoms with Crippen molar-refractivity contribution >= 4 is 5.91 Å². The number of carbonyl (C=O) groups excluding carboxylic acids is 1.